The molecular formula is C24H22N4O2. The summed E-state index contributed by atoms with van der Waals surface area (Å²) in [6, 6.07) is 23.3. The van der Waals surface area contributed by atoms with Crippen LogP contribution in [0.25, 0.3) is 10.9 Å². The highest BCUT2D eigenvalue weighted by atomic mass is 16.5. The van der Waals surface area contributed by atoms with Crippen LogP contribution >= 0.6 is 0 Å². The summed E-state index contributed by atoms with van der Waals surface area (Å²) in [7, 11) is 0. The predicted molar refractivity (Wildman–Crippen MR) is 117 cm³/mol. The van der Waals surface area contributed by atoms with Gasteiger partial charge in [-0.1, -0.05) is 24.3 Å². The monoisotopic (exact) mass is 398 g/mol. The van der Waals surface area contributed by atoms with Crippen LogP contribution in [0, 0.1) is 0 Å². The molecule has 0 aliphatic carbocycles. The number of carbonyl (C=O) groups excluding carboxylic acids is 1. The zero-order valence-electron chi connectivity index (χ0n) is 16.5. The van der Waals surface area contributed by atoms with Crippen molar-refractivity contribution in [3.8, 4) is 11.5 Å². The number of anilines is 1. The molecule has 0 bridgehead atoms. The van der Waals surface area contributed by atoms with Gasteiger partial charge in [0.2, 0.25) is 0 Å². The van der Waals surface area contributed by atoms with Gasteiger partial charge in [-0.05, 0) is 48.5 Å². The standard InChI is InChI=1S/C24H22N4O2/c29-24(28-14-12-27(13-15-28)23-8-4-5-11-25-23)22-17-18-16-20(9-10-21(18)26-22)30-19-6-2-1-3-7-19/h1-11,16-17,26H,12-15H2. The minimum atomic E-state index is 0.0254. The van der Waals surface area contributed by atoms with Crippen LogP contribution in [0.5, 0.6) is 11.5 Å². The number of hydrogen-bond donors (Lipinski definition) is 1. The van der Waals surface area contributed by atoms with Gasteiger partial charge < -0.3 is 19.5 Å². The zero-order chi connectivity index (χ0) is 20.3. The van der Waals surface area contributed by atoms with Gasteiger partial charge in [0.1, 0.15) is 23.0 Å². The van der Waals surface area contributed by atoms with Crippen LogP contribution in [0.3, 0.4) is 0 Å². The minimum absolute atomic E-state index is 0.0254. The number of hydrogen-bond acceptors (Lipinski definition) is 4. The maximum absolute atomic E-state index is 13.0. The first-order valence-corrected chi connectivity index (χ1v) is 10.1. The Labute approximate surface area is 174 Å². The number of carbonyl (C=O) groups is 1. The van der Waals surface area contributed by atoms with Crippen molar-refractivity contribution in [2.45, 2.75) is 0 Å². The summed E-state index contributed by atoms with van der Waals surface area (Å²) >= 11 is 0. The van der Waals surface area contributed by atoms with Crippen LogP contribution in [0.4, 0.5) is 5.82 Å². The van der Waals surface area contributed by atoms with Crippen molar-refractivity contribution >= 4 is 22.6 Å². The van der Waals surface area contributed by atoms with Crippen LogP contribution in [0.1, 0.15) is 10.5 Å². The second-order valence-corrected chi connectivity index (χ2v) is 7.31. The van der Waals surface area contributed by atoms with Gasteiger partial charge >= 0.3 is 0 Å². The quantitative estimate of drug-likeness (QED) is 0.556. The van der Waals surface area contributed by atoms with Crippen LogP contribution in [0.15, 0.2) is 79.0 Å². The predicted octanol–water partition coefficient (Wildman–Crippen LogP) is 4.32. The highest BCUT2D eigenvalue weighted by Gasteiger charge is 2.24. The molecule has 1 aliphatic rings. The largest absolute Gasteiger partial charge is 0.457 e. The molecule has 6 nitrogen and oxygen atoms in total. The van der Waals surface area contributed by atoms with Gasteiger partial charge in [0, 0.05) is 43.3 Å². The zero-order valence-corrected chi connectivity index (χ0v) is 16.5. The van der Waals surface area contributed by atoms with Crippen molar-refractivity contribution < 1.29 is 9.53 Å². The van der Waals surface area contributed by atoms with Crippen LogP contribution in [0.2, 0.25) is 0 Å². The number of H-pyrrole nitrogens is 1. The van der Waals surface area contributed by atoms with E-state index in [1.807, 2.05) is 77.7 Å². The second-order valence-electron chi connectivity index (χ2n) is 7.31. The first kappa shape index (κ1) is 18.2. The van der Waals surface area contributed by atoms with Crippen LogP contribution in [-0.2, 0) is 0 Å². The Balaban J connectivity index is 1.28. The van der Waals surface area contributed by atoms with Crippen molar-refractivity contribution in [2.75, 3.05) is 31.1 Å². The van der Waals surface area contributed by atoms with E-state index in [0.717, 1.165) is 41.3 Å². The molecule has 0 unspecified atom stereocenters. The molecule has 0 atom stereocenters. The first-order chi connectivity index (χ1) is 14.8. The highest BCUT2D eigenvalue weighted by molar-refractivity contribution is 5.98. The van der Waals surface area contributed by atoms with E-state index in [2.05, 4.69) is 14.9 Å². The van der Waals surface area contributed by atoms with Gasteiger partial charge in [0.05, 0.1) is 0 Å². The Kier molecular flexibility index (Phi) is 4.81. The number of rotatable bonds is 4. The summed E-state index contributed by atoms with van der Waals surface area (Å²) in [6.45, 7) is 2.90. The Hall–Kier alpha value is -3.80. The summed E-state index contributed by atoms with van der Waals surface area (Å²) < 4.78 is 5.91. The van der Waals surface area contributed by atoms with Crippen molar-refractivity contribution in [1.82, 2.24) is 14.9 Å². The van der Waals surface area contributed by atoms with Gasteiger partial charge in [-0.25, -0.2) is 4.98 Å². The molecule has 0 spiro atoms. The maximum atomic E-state index is 13.0. The molecule has 2 aromatic carbocycles. The molecule has 0 saturated carbocycles. The Morgan fingerprint density at radius 3 is 2.43 bits per heavy atom. The molecule has 4 aromatic rings. The highest BCUT2D eigenvalue weighted by Crippen LogP contribution is 2.26. The number of pyridine rings is 1. The number of para-hydroxylation sites is 1. The van der Waals surface area contributed by atoms with Crippen molar-refractivity contribution in [2.24, 2.45) is 0 Å². The Bertz CT molecular complexity index is 1150. The molecule has 1 saturated heterocycles. The summed E-state index contributed by atoms with van der Waals surface area (Å²) in [6.07, 6.45) is 1.80. The average Bonchev–Trinajstić information content (AvgIpc) is 3.23. The third kappa shape index (κ3) is 3.72. The molecule has 1 amide bonds. The molecular weight excluding hydrogens is 376 g/mol. The fraction of sp³-hybridized carbons (Fsp3) is 0.167. The van der Waals surface area contributed by atoms with E-state index in [0.29, 0.717) is 18.8 Å². The lowest BCUT2D eigenvalue weighted by atomic mass is 10.2. The molecule has 3 heterocycles. The lowest BCUT2D eigenvalue weighted by molar-refractivity contribution is 0.0741. The molecule has 2 aromatic heterocycles. The van der Waals surface area contributed by atoms with E-state index >= 15 is 0 Å². The smallest absolute Gasteiger partial charge is 0.270 e. The van der Waals surface area contributed by atoms with E-state index < -0.39 is 0 Å². The van der Waals surface area contributed by atoms with E-state index in [1.165, 1.54) is 0 Å². The fourth-order valence-electron chi connectivity index (χ4n) is 3.76. The molecule has 6 heteroatoms. The summed E-state index contributed by atoms with van der Waals surface area (Å²) in [5, 5.41) is 0.957. The van der Waals surface area contributed by atoms with Crippen LogP contribution in [-0.4, -0.2) is 47.0 Å². The second kappa shape index (κ2) is 7.91. The van der Waals surface area contributed by atoms with E-state index in [4.69, 9.17) is 4.74 Å². The molecule has 5 rings (SSSR count). The number of fused-ring (bicyclic) bond motifs is 1. The topological polar surface area (TPSA) is 61.5 Å². The molecule has 0 radical (unpaired) electrons. The Morgan fingerprint density at radius 2 is 1.67 bits per heavy atom. The van der Waals surface area contributed by atoms with Crippen molar-refractivity contribution in [3.05, 3.63) is 84.7 Å². The lowest BCUT2D eigenvalue weighted by Crippen LogP contribution is -2.49. The number of benzene rings is 2. The third-order valence-corrected chi connectivity index (χ3v) is 5.34. The number of ether oxygens (including phenoxy) is 1. The van der Waals surface area contributed by atoms with E-state index in [-0.39, 0.29) is 5.91 Å². The fourth-order valence-corrected chi connectivity index (χ4v) is 3.76. The van der Waals surface area contributed by atoms with Gasteiger partial charge in [-0.15, -0.1) is 0 Å². The minimum Gasteiger partial charge on any atom is -0.457 e. The molecule has 150 valence electrons. The SMILES string of the molecule is O=C(c1cc2cc(Oc3ccccc3)ccc2[nH]1)N1CCN(c2ccccn2)CC1. The first-order valence-electron chi connectivity index (χ1n) is 10.1. The van der Waals surface area contributed by atoms with E-state index in [9.17, 15) is 4.79 Å². The van der Waals surface area contributed by atoms with Gasteiger partial charge in [0.15, 0.2) is 0 Å². The third-order valence-electron chi connectivity index (χ3n) is 5.34. The average molecular weight is 398 g/mol. The maximum Gasteiger partial charge on any atom is 0.270 e. The normalized spacial score (nSPS) is 14.1. The van der Waals surface area contributed by atoms with Crippen molar-refractivity contribution in [1.29, 1.82) is 0 Å². The number of amides is 1. The lowest BCUT2D eigenvalue weighted by Gasteiger charge is -2.35. The number of aromatic amines is 1. The molecule has 1 fully saturated rings. The van der Waals surface area contributed by atoms with Gasteiger partial charge in [-0.2, -0.15) is 0 Å². The molecule has 30 heavy (non-hydrogen) atoms. The Morgan fingerprint density at radius 1 is 0.867 bits per heavy atom. The van der Waals surface area contributed by atoms with Gasteiger partial charge in [0.25, 0.3) is 5.91 Å². The molecule has 1 aliphatic heterocycles. The summed E-state index contributed by atoms with van der Waals surface area (Å²) in [4.78, 5) is 24.8. The number of aromatic nitrogens is 2. The number of piperazine rings is 1. The molecule has 1 N–H and O–H groups in total. The van der Waals surface area contributed by atoms with Gasteiger partial charge in [-0.3, -0.25) is 4.79 Å². The summed E-state index contributed by atoms with van der Waals surface area (Å²) in [5.41, 5.74) is 1.53. The van der Waals surface area contributed by atoms with Crippen molar-refractivity contribution in [3.63, 3.8) is 0 Å². The number of nitrogens with zero attached hydrogens (tertiary/aromatic N) is 3. The number of nitrogens with one attached hydrogen (secondary N) is 1. The van der Waals surface area contributed by atoms with Crippen LogP contribution < -0.4 is 9.64 Å². The summed E-state index contributed by atoms with van der Waals surface area (Å²) in [5.74, 6) is 2.52. The van der Waals surface area contributed by atoms with E-state index in [1.54, 1.807) is 6.20 Å².